The Hall–Kier alpha value is -3.85. The van der Waals surface area contributed by atoms with Crippen LogP contribution in [0.25, 0.3) is 0 Å². The fraction of sp³-hybridized carbons (Fsp3) is 0.200. The van der Waals surface area contributed by atoms with Gasteiger partial charge in [0.2, 0.25) is 5.72 Å². The van der Waals surface area contributed by atoms with E-state index >= 15 is 0 Å². The van der Waals surface area contributed by atoms with Crippen LogP contribution in [0, 0.1) is 12.8 Å². The second-order valence-electron chi connectivity index (χ2n) is 8.04. The number of urea groups is 1. The molecule has 1 saturated heterocycles. The third kappa shape index (κ3) is 4.47. The van der Waals surface area contributed by atoms with Crippen LogP contribution in [0.3, 0.4) is 0 Å². The van der Waals surface area contributed by atoms with Gasteiger partial charge in [-0.2, -0.15) is 13.2 Å². The molecule has 34 heavy (non-hydrogen) atoms. The Morgan fingerprint density at radius 3 is 2.26 bits per heavy atom. The van der Waals surface area contributed by atoms with E-state index in [1.807, 2.05) is 0 Å². The molecule has 3 atom stereocenters. The molecular formula is C25H21F3N2O4. The molecule has 0 radical (unpaired) electrons. The number of para-hydroxylation sites is 1. The summed E-state index contributed by atoms with van der Waals surface area (Å²) in [6.07, 6.45) is -5.33. The molecule has 0 aromatic heterocycles. The molecule has 176 valence electrons. The van der Waals surface area contributed by atoms with Crippen LogP contribution in [0.5, 0.6) is 11.5 Å². The quantitative estimate of drug-likeness (QED) is 0.464. The third-order valence-corrected chi connectivity index (χ3v) is 5.62. The number of nitrogens with one attached hydrogen (secondary N) is 2. The number of hydrogen-bond acceptors (Lipinski definition) is 4. The van der Waals surface area contributed by atoms with Crippen LogP contribution >= 0.6 is 0 Å². The van der Waals surface area contributed by atoms with Crippen molar-refractivity contribution in [3.8, 4) is 11.5 Å². The maximum absolute atomic E-state index is 14.1. The molecule has 9 heteroatoms. The minimum absolute atomic E-state index is 0.0297. The van der Waals surface area contributed by atoms with Crippen molar-refractivity contribution in [2.24, 2.45) is 5.92 Å². The molecule has 3 aromatic rings. The number of halogens is 3. The molecule has 3 aromatic carbocycles. The molecule has 6 nitrogen and oxygen atoms in total. The summed E-state index contributed by atoms with van der Waals surface area (Å²) in [6.45, 7) is 1.77. The van der Waals surface area contributed by atoms with Crippen LogP contribution in [0.15, 0.2) is 78.9 Å². The number of rotatable bonds is 5. The van der Waals surface area contributed by atoms with E-state index in [-0.39, 0.29) is 16.9 Å². The smallest absolute Gasteiger partial charge is 0.437 e. The van der Waals surface area contributed by atoms with Gasteiger partial charge in [-0.3, -0.25) is 4.79 Å². The summed E-state index contributed by atoms with van der Waals surface area (Å²) in [5, 5.41) is 14.6. The van der Waals surface area contributed by atoms with Crippen molar-refractivity contribution in [2.45, 2.75) is 24.9 Å². The molecule has 0 spiro atoms. The molecule has 1 fully saturated rings. The molecule has 1 aliphatic rings. The van der Waals surface area contributed by atoms with E-state index in [2.05, 4.69) is 5.32 Å². The van der Waals surface area contributed by atoms with Crippen molar-refractivity contribution in [1.82, 2.24) is 10.6 Å². The third-order valence-electron chi connectivity index (χ3n) is 5.62. The van der Waals surface area contributed by atoms with E-state index in [0.717, 1.165) is 5.56 Å². The number of amides is 2. The first kappa shape index (κ1) is 23.3. The van der Waals surface area contributed by atoms with E-state index in [0.29, 0.717) is 5.75 Å². The summed E-state index contributed by atoms with van der Waals surface area (Å²) in [6, 6.07) is 17.9. The number of carbonyl (C=O) groups excluding carboxylic acids is 2. The first-order valence-corrected chi connectivity index (χ1v) is 10.4. The Bertz CT molecular complexity index is 1200. The standard InChI is InChI=1S/C25H21F3N2O4/c1-15-10-12-16(13-11-15)22(31)20-21(29-23(32)30-24(20,33)25(26,27)28)17-6-5-9-19(14-17)34-18-7-3-2-4-8-18/h2-14,20-21,33H,1H3,(H2,29,30,32)/t20-,21+,24-/m0/s1. The zero-order chi connectivity index (χ0) is 24.5. The van der Waals surface area contributed by atoms with Gasteiger partial charge in [0.25, 0.3) is 0 Å². The number of ketones is 1. The Morgan fingerprint density at radius 1 is 0.971 bits per heavy atom. The lowest BCUT2D eigenvalue weighted by Gasteiger charge is -2.45. The van der Waals surface area contributed by atoms with Gasteiger partial charge in [0.05, 0.1) is 6.04 Å². The number of aliphatic hydroxyl groups is 1. The van der Waals surface area contributed by atoms with E-state index in [4.69, 9.17) is 4.74 Å². The van der Waals surface area contributed by atoms with E-state index in [1.165, 1.54) is 35.6 Å². The van der Waals surface area contributed by atoms with Crippen molar-refractivity contribution >= 4 is 11.8 Å². The predicted octanol–water partition coefficient (Wildman–Crippen LogP) is 4.89. The summed E-state index contributed by atoms with van der Waals surface area (Å²) in [4.78, 5) is 25.6. The lowest BCUT2D eigenvalue weighted by molar-refractivity contribution is -0.287. The summed E-state index contributed by atoms with van der Waals surface area (Å²) < 4.78 is 48.0. The molecule has 3 N–H and O–H groups in total. The number of hydrogen-bond donors (Lipinski definition) is 3. The van der Waals surface area contributed by atoms with Crippen molar-refractivity contribution in [3.05, 3.63) is 95.6 Å². The van der Waals surface area contributed by atoms with Gasteiger partial charge < -0.3 is 20.5 Å². The molecule has 4 rings (SSSR count). The number of benzene rings is 3. The van der Waals surface area contributed by atoms with E-state index in [9.17, 15) is 27.9 Å². The zero-order valence-corrected chi connectivity index (χ0v) is 18.0. The van der Waals surface area contributed by atoms with Gasteiger partial charge in [-0.25, -0.2) is 4.79 Å². The van der Waals surface area contributed by atoms with Gasteiger partial charge in [0.15, 0.2) is 5.78 Å². The summed E-state index contributed by atoms with van der Waals surface area (Å²) in [5.74, 6) is -2.31. The van der Waals surface area contributed by atoms with Gasteiger partial charge in [0, 0.05) is 5.56 Å². The summed E-state index contributed by atoms with van der Waals surface area (Å²) >= 11 is 0. The molecule has 0 unspecified atom stereocenters. The van der Waals surface area contributed by atoms with Crippen LogP contribution in [-0.4, -0.2) is 28.8 Å². The fourth-order valence-electron chi connectivity index (χ4n) is 3.91. The molecule has 1 heterocycles. The van der Waals surface area contributed by atoms with Crippen LogP contribution < -0.4 is 15.4 Å². The minimum Gasteiger partial charge on any atom is -0.457 e. The zero-order valence-electron chi connectivity index (χ0n) is 18.0. The molecule has 0 saturated carbocycles. The second kappa shape index (κ2) is 8.83. The highest BCUT2D eigenvalue weighted by Gasteiger charge is 2.66. The van der Waals surface area contributed by atoms with Crippen LogP contribution in [-0.2, 0) is 0 Å². The van der Waals surface area contributed by atoms with Crippen molar-refractivity contribution < 1.29 is 32.6 Å². The number of carbonyl (C=O) groups is 2. The van der Waals surface area contributed by atoms with Gasteiger partial charge in [0.1, 0.15) is 17.4 Å². The first-order chi connectivity index (χ1) is 16.1. The Kier molecular flexibility index (Phi) is 6.05. The Balaban J connectivity index is 1.78. The molecule has 0 aliphatic carbocycles. The van der Waals surface area contributed by atoms with Crippen molar-refractivity contribution in [2.75, 3.05) is 0 Å². The normalized spacial score (nSPS) is 22.4. The van der Waals surface area contributed by atoms with Gasteiger partial charge >= 0.3 is 12.2 Å². The van der Waals surface area contributed by atoms with Gasteiger partial charge in [-0.1, -0.05) is 60.2 Å². The lowest BCUT2D eigenvalue weighted by atomic mass is 9.77. The predicted molar refractivity (Wildman–Crippen MR) is 117 cm³/mol. The number of alkyl halides is 3. The van der Waals surface area contributed by atoms with Crippen LogP contribution in [0.2, 0.25) is 0 Å². The number of ether oxygens (including phenoxy) is 1. The van der Waals surface area contributed by atoms with Gasteiger partial charge in [-0.15, -0.1) is 0 Å². The lowest BCUT2D eigenvalue weighted by Crippen LogP contribution is -2.72. The topological polar surface area (TPSA) is 87.7 Å². The SMILES string of the molecule is Cc1ccc(C(=O)[C@@H]2[C@@H](c3cccc(Oc4ccccc4)c3)NC(=O)N[C@@]2(O)C(F)(F)F)cc1. The van der Waals surface area contributed by atoms with Crippen LogP contribution in [0.4, 0.5) is 18.0 Å². The molecular weight excluding hydrogens is 449 g/mol. The number of aryl methyl sites for hydroxylation is 1. The monoisotopic (exact) mass is 470 g/mol. The van der Waals surface area contributed by atoms with E-state index in [1.54, 1.807) is 55.5 Å². The highest BCUT2D eigenvalue weighted by Crippen LogP contribution is 2.44. The average Bonchev–Trinajstić information content (AvgIpc) is 2.79. The first-order valence-electron chi connectivity index (χ1n) is 10.4. The van der Waals surface area contributed by atoms with Gasteiger partial charge in [-0.05, 0) is 36.8 Å². The molecule has 1 aliphatic heterocycles. The maximum Gasteiger partial charge on any atom is 0.437 e. The summed E-state index contributed by atoms with van der Waals surface area (Å²) in [5.41, 5.74) is -2.85. The van der Waals surface area contributed by atoms with Crippen LogP contribution in [0.1, 0.15) is 27.5 Å². The van der Waals surface area contributed by atoms with Crippen molar-refractivity contribution in [1.29, 1.82) is 0 Å². The highest BCUT2D eigenvalue weighted by atomic mass is 19.4. The minimum atomic E-state index is -5.33. The molecule has 2 amide bonds. The largest absolute Gasteiger partial charge is 0.457 e. The number of Topliss-reactive ketones (excluding diaryl/α,β-unsaturated/α-hetero) is 1. The Morgan fingerprint density at radius 2 is 1.62 bits per heavy atom. The second-order valence-corrected chi connectivity index (χ2v) is 8.04. The highest BCUT2D eigenvalue weighted by molar-refractivity contribution is 6.00. The summed E-state index contributed by atoms with van der Waals surface area (Å²) in [7, 11) is 0. The Labute approximate surface area is 193 Å². The maximum atomic E-state index is 14.1. The fourth-order valence-corrected chi connectivity index (χ4v) is 3.91. The van der Waals surface area contributed by atoms with E-state index < -0.39 is 35.7 Å². The van der Waals surface area contributed by atoms with Crippen molar-refractivity contribution in [3.63, 3.8) is 0 Å². The average molecular weight is 470 g/mol. The molecule has 0 bridgehead atoms.